The third-order valence-corrected chi connectivity index (χ3v) is 4.78. The molecule has 0 radical (unpaired) electrons. The summed E-state index contributed by atoms with van der Waals surface area (Å²) in [6, 6.07) is 6.13. The number of hydrogen-bond donors (Lipinski definition) is 2. The molecule has 1 aliphatic carbocycles. The summed E-state index contributed by atoms with van der Waals surface area (Å²) in [5.41, 5.74) is 7.28. The number of nitrogens with two attached hydrogens (primary N) is 1. The molecule has 2 aromatic rings. The van der Waals surface area contributed by atoms with E-state index in [-0.39, 0.29) is 11.6 Å². The maximum atomic E-state index is 12.4. The Morgan fingerprint density at radius 3 is 2.65 bits per heavy atom. The van der Waals surface area contributed by atoms with Gasteiger partial charge in [0.15, 0.2) is 0 Å². The van der Waals surface area contributed by atoms with E-state index < -0.39 is 11.4 Å². The van der Waals surface area contributed by atoms with Crippen molar-refractivity contribution in [1.29, 1.82) is 0 Å². The highest BCUT2D eigenvalue weighted by atomic mass is 16.4. The summed E-state index contributed by atoms with van der Waals surface area (Å²) in [6.45, 7) is 1.72. The smallest absolute Gasteiger partial charge is 0.341 e. The number of rotatable bonds is 3. The number of hydrogen-bond acceptors (Lipinski definition) is 4. The molecule has 2 fully saturated rings. The number of carboxylic acid groups (broad SMARTS) is 1. The van der Waals surface area contributed by atoms with Crippen LogP contribution in [0.25, 0.3) is 10.9 Å². The highest BCUT2D eigenvalue weighted by Gasteiger charge is 2.27. The van der Waals surface area contributed by atoms with Crippen molar-refractivity contribution in [2.45, 2.75) is 31.3 Å². The first-order valence-corrected chi connectivity index (χ1v) is 7.97. The van der Waals surface area contributed by atoms with Crippen molar-refractivity contribution in [3.63, 3.8) is 0 Å². The first-order chi connectivity index (χ1) is 11.0. The molecule has 4 rings (SSSR count). The molecule has 6 nitrogen and oxygen atoms in total. The van der Waals surface area contributed by atoms with Crippen molar-refractivity contribution in [3.05, 3.63) is 40.2 Å². The molecule has 0 spiro atoms. The van der Waals surface area contributed by atoms with Gasteiger partial charge >= 0.3 is 5.97 Å². The Morgan fingerprint density at radius 2 is 2.04 bits per heavy atom. The molecule has 1 aromatic heterocycles. The van der Waals surface area contributed by atoms with Gasteiger partial charge in [-0.2, -0.15) is 0 Å². The predicted octanol–water partition coefficient (Wildman–Crippen LogP) is 1.57. The predicted molar refractivity (Wildman–Crippen MR) is 88.2 cm³/mol. The topological polar surface area (TPSA) is 88.6 Å². The number of benzene rings is 1. The van der Waals surface area contributed by atoms with Crippen LogP contribution in [-0.2, 0) is 0 Å². The van der Waals surface area contributed by atoms with Crippen molar-refractivity contribution >= 4 is 22.6 Å². The maximum absolute atomic E-state index is 12.4. The van der Waals surface area contributed by atoms with E-state index in [1.54, 1.807) is 6.07 Å². The van der Waals surface area contributed by atoms with Crippen LogP contribution in [0.3, 0.4) is 0 Å². The monoisotopic (exact) mass is 313 g/mol. The van der Waals surface area contributed by atoms with Gasteiger partial charge in [0.25, 0.3) is 0 Å². The van der Waals surface area contributed by atoms with Crippen LogP contribution in [0.2, 0.25) is 0 Å². The first-order valence-electron chi connectivity index (χ1n) is 7.97. The highest BCUT2D eigenvalue weighted by Crippen LogP contribution is 2.37. The van der Waals surface area contributed by atoms with Gasteiger partial charge in [0.05, 0.1) is 5.52 Å². The quantitative estimate of drug-likeness (QED) is 0.898. The van der Waals surface area contributed by atoms with Gasteiger partial charge in [-0.1, -0.05) is 0 Å². The number of aromatic carboxylic acids is 1. The van der Waals surface area contributed by atoms with Crippen LogP contribution in [0.4, 0.5) is 5.69 Å². The molecule has 0 unspecified atom stereocenters. The third kappa shape index (κ3) is 2.39. The lowest BCUT2D eigenvalue weighted by atomic mass is 10.1. The highest BCUT2D eigenvalue weighted by molar-refractivity contribution is 5.93. The standard InChI is InChI=1S/C17H19N3O3/c18-10-5-6-19(8-10)12-3-4-13-15(7-12)20(11-1-2-11)9-14(16(13)21)17(22)23/h3-4,7,9-11H,1-2,5-6,8,18H2,(H,22,23)/t10-/m0/s1. The Hall–Kier alpha value is -2.34. The second-order valence-corrected chi connectivity index (χ2v) is 6.51. The SMILES string of the molecule is N[C@H]1CCN(c2ccc3c(=O)c(C(=O)O)cn(C4CC4)c3c2)C1. The molecule has 23 heavy (non-hydrogen) atoms. The van der Waals surface area contributed by atoms with Gasteiger partial charge in [-0.15, -0.1) is 0 Å². The average Bonchev–Trinajstić information content (AvgIpc) is 3.28. The van der Waals surface area contributed by atoms with Crippen molar-refractivity contribution < 1.29 is 9.90 Å². The number of nitrogens with zero attached hydrogens (tertiary/aromatic N) is 2. The summed E-state index contributed by atoms with van der Waals surface area (Å²) >= 11 is 0. The second kappa shape index (κ2) is 5.09. The summed E-state index contributed by atoms with van der Waals surface area (Å²) in [5, 5.41) is 9.75. The third-order valence-electron chi connectivity index (χ3n) is 4.78. The number of carbonyl (C=O) groups is 1. The molecule has 1 aliphatic heterocycles. The fourth-order valence-corrected chi connectivity index (χ4v) is 3.36. The summed E-state index contributed by atoms with van der Waals surface area (Å²) < 4.78 is 1.96. The Morgan fingerprint density at radius 1 is 1.26 bits per heavy atom. The minimum atomic E-state index is -1.17. The van der Waals surface area contributed by atoms with E-state index in [0.29, 0.717) is 11.4 Å². The van der Waals surface area contributed by atoms with Gasteiger partial charge < -0.3 is 20.3 Å². The van der Waals surface area contributed by atoms with E-state index in [4.69, 9.17) is 5.73 Å². The Bertz CT molecular complexity index is 854. The van der Waals surface area contributed by atoms with Crippen molar-refractivity contribution in [3.8, 4) is 0 Å². The molecule has 0 amide bonds. The molecule has 2 heterocycles. The van der Waals surface area contributed by atoms with Crippen LogP contribution in [0, 0.1) is 0 Å². The largest absolute Gasteiger partial charge is 0.477 e. The van der Waals surface area contributed by atoms with Gasteiger partial charge in [-0.25, -0.2) is 4.79 Å². The zero-order valence-electron chi connectivity index (χ0n) is 12.7. The molecular weight excluding hydrogens is 294 g/mol. The fourth-order valence-electron chi connectivity index (χ4n) is 3.36. The number of anilines is 1. The molecule has 0 bridgehead atoms. The van der Waals surface area contributed by atoms with Crippen molar-refractivity contribution in [2.75, 3.05) is 18.0 Å². The van der Waals surface area contributed by atoms with E-state index in [9.17, 15) is 14.7 Å². The molecule has 3 N–H and O–H groups in total. The van der Waals surface area contributed by atoms with Crippen LogP contribution >= 0.6 is 0 Å². The maximum Gasteiger partial charge on any atom is 0.341 e. The minimum Gasteiger partial charge on any atom is -0.477 e. The summed E-state index contributed by atoms with van der Waals surface area (Å²) in [6.07, 6.45) is 4.52. The lowest BCUT2D eigenvalue weighted by Gasteiger charge is -2.20. The van der Waals surface area contributed by atoms with E-state index in [0.717, 1.165) is 43.6 Å². The Balaban J connectivity index is 1.90. The average molecular weight is 313 g/mol. The van der Waals surface area contributed by atoms with Crippen LogP contribution in [0.1, 0.15) is 35.7 Å². The van der Waals surface area contributed by atoms with Gasteiger partial charge in [-0.3, -0.25) is 4.79 Å². The summed E-state index contributed by atoms with van der Waals surface area (Å²) in [5.74, 6) is -1.17. The van der Waals surface area contributed by atoms with Crippen LogP contribution in [0.5, 0.6) is 0 Å². The number of carboxylic acids is 1. The molecule has 1 saturated carbocycles. The van der Waals surface area contributed by atoms with Crippen molar-refractivity contribution in [2.24, 2.45) is 5.73 Å². The van der Waals surface area contributed by atoms with E-state index in [2.05, 4.69) is 4.90 Å². The molecule has 2 aliphatic rings. The normalized spacial score (nSPS) is 21.1. The fraction of sp³-hybridized carbons (Fsp3) is 0.412. The minimum absolute atomic E-state index is 0.152. The summed E-state index contributed by atoms with van der Waals surface area (Å²) in [4.78, 5) is 26.0. The van der Waals surface area contributed by atoms with Crippen molar-refractivity contribution in [1.82, 2.24) is 4.57 Å². The molecular formula is C17H19N3O3. The van der Waals surface area contributed by atoms with E-state index in [1.807, 2.05) is 16.7 Å². The lowest BCUT2D eigenvalue weighted by molar-refractivity contribution is 0.0695. The van der Waals surface area contributed by atoms with E-state index in [1.165, 1.54) is 6.20 Å². The number of aromatic nitrogens is 1. The molecule has 120 valence electrons. The zero-order chi connectivity index (χ0) is 16.1. The van der Waals surface area contributed by atoms with Crippen LogP contribution in [0.15, 0.2) is 29.2 Å². The van der Waals surface area contributed by atoms with Gasteiger partial charge in [0, 0.05) is 42.4 Å². The first kappa shape index (κ1) is 14.3. The molecule has 1 saturated heterocycles. The Kier molecular flexibility index (Phi) is 3.16. The van der Waals surface area contributed by atoms with Crippen LogP contribution in [-0.4, -0.2) is 34.8 Å². The molecule has 1 atom stereocenters. The Labute approximate surface area is 133 Å². The number of fused-ring (bicyclic) bond motifs is 1. The van der Waals surface area contributed by atoms with Gasteiger partial charge in [-0.05, 0) is 37.5 Å². The van der Waals surface area contributed by atoms with Gasteiger partial charge in [0.1, 0.15) is 5.56 Å². The number of pyridine rings is 1. The molecule has 1 aromatic carbocycles. The summed E-state index contributed by atoms with van der Waals surface area (Å²) in [7, 11) is 0. The van der Waals surface area contributed by atoms with E-state index >= 15 is 0 Å². The molecule has 6 heteroatoms. The van der Waals surface area contributed by atoms with Gasteiger partial charge in [0.2, 0.25) is 5.43 Å². The lowest BCUT2D eigenvalue weighted by Crippen LogP contribution is -2.26. The second-order valence-electron chi connectivity index (χ2n) is 6.51. The van der Waals surface area contributed by atoms with Crippen LogP contribution < -0.4 is 16.1 Å². The zero-order valence-corrected chi connectivity index (χ0v) is 12.7.